The van der Waals surface area contributed by atoms with Crippen molar-refractivity contribution >= 4 is 21.6 Å². The molecule has 0 fully saturated rings. The van der Waals surface area contributed by atoms with Crippen LogP contribution in [0.2, 0.25) is 0 Å². The molecule has 0 heterocycles. The van der Waals surface area contributed by atoms with E-state index in [-0.39, 0.29) is 16.1 Å². The molecule has 9 heteroatoms. The average molecular weight is 414 g/mol. The second-order valence-electron chi connectivity index (χ2n) is 6.10. The van der Waals surface area contributed by atoms with E-state index in [9.17, 15) is 26.4 Å². The van der Waals surface area contributed by atoms with Crippen molar-refractivity contribution in [3.8, 4) is 0 Å². The van der Waals surface area contributed by atoms with Crippen molar-refractivity contribution in [2.24, 2.45) is 0 Å². The third-order valence-electron chi connectivity index (χ3n) is 4.25. The molecule has 152 valence electrons. The van der Waals surface area contributed by atoms with Crippen molar-refractivity contribution < 1.29 is 26.4 Å². The van der Waals surface area contributed by atoms with E-state index in [1.54, 1.807) is 20.8 Å². The largest absolute Gasteiger partial charge is 0.416 e. The number of halogens is 3. The van der Waals surface area contributed by atoms with E-state index in [0.717, 1.165) is 18.2 Å². The van der Waals surface area contributed by atoms with Crippen LogP contribution in [-0.4, -0.2) is 31.7 Å². The van der Waals surface area contributed by atoms with Gasteiger partial charge < -0.3 is 5.32 Å². The highest BCUT2D eigenvalue weighted by atomic mass is 32.2. The zero-order chi connectivity index (χ0) is 21.1. The van der Waals surface area contributed by atoms with Gasteiger partial charge in [0.25, 0.3) is 5.91 Å². The maximum absolute atomic E-state index is 12.8. The van der Waals surface area contributed by atoms with Crippen LogP contribution >= 0.6 is 0 Å². The quantitative estimate of drug-likeness (QED) is 0.767. The van der Waals surface area contributed by atoms with Crippen LogP contribution in [0, 0.1) is 6.92 Å². The van der Waals surface area contributed by atoms with Crippen LogP contribution in [-0.2, 0) is 16.2 Å². The van der Waals surface area contributed by atoms with Gasteiger partial charge in [0, 0.05) is 24.3 Å². The van der Waals surface area contributed by atoms with E-state index < -0.39 is 27.7 Å². The number of amides is 1. The number of carbonyl (C=O) groups excluding carboxylic acids is 1. The number of rotatable bonds is 6. The van der Waals surface area contributed by atoms with Gasteiger partial charge in [-0.25, -0.2) is 8.42 Å². The van der Waals surface area contributed by atoms with Gasteiger partial charge >= 0.3 is 6.18 Å². The minimum Gasteiger partial charge on any atom is -0.322 e. The van der Waals surface area contributed by atoms with Crippen molar-refractivity contribution in [2.75, 3.05) is 18.4 Å². The Labute approximate surface area is 162 Å². The standard InChI is InChI=1S/C19H21F3N2O3S/c1-4-24(5-2)28(26,27)16-10-9-13(3)17(12-16)23-18(25)14-7-6-8-15(11-14)19(20,21)22/h6-12H,4-5H2,1-3H3,(H,23,25). The number of hydrogen-bond donors (Lipinski definition) is 1. The lowest BCUT2D eigenvalue weighted by atomic mass is 10.1. The monoisotopic (exact) mass is 414 g/mol. The number of carbonyl (C=O) groups is 1. The van der Waals surface area contributed by atoms with E-state index in [2.05, 4.69) is 5.32 Å². The number of sulfonamides is 1. The van der Waals surface area contributed by atoms with Gasteiger partial charge in [0.05, 0.1) is 10.5 Å². The Bertz CT molecular complexity index is 969. The van der Waals surface area contributed by atoms with Gasteiger partial charge in [0.2, 0.25) is 10.0 Å². The number of anilines is 1. The van der Waals surface area contributed by atoms with Crippen LogP contribution in [0.5, 0.6) is 0 Å². The Kier molecular flexibility index (Phi) is 6.51. The molecule has 1 N–H and O–H groups in total. The molecular formula is C19H21F3N2O3S. The molecule has 5 nitrogen and oxygen atoms in total. The summed E-state index contributed by atoms with van der Waals surface area (Å²) in [6, 6.07) is 8.32. The van der Waals surface area contributed by atoms with Crippen molar-refractivity contribution in [1.82, 2.24) is 4.31 Å². The van der Waals surface area contributed by atoms with Gasteiger partial charge in [0.1, 0.15) is 0 Å². The van der Waals surface area contributed by atoms with Gasteiger partial charge in [-0.2, -0.15) is 17.5 Å². The molecule has 0 aliphatic carbocycles. The number of benzene rings is 2. The summed E-state index contributed by atoms with van der Waals surface area (Å²) in [4.78, 5) is 12.4. The van der Waals surface area contributed by atoms with Crippen molar-refractivity contribution in [3.05, 3.63) is 59.2 Å². The minimum atomic E-state index is -4.57. The molecule has 0 aromatic heterocycles. The predicted octanol–water partition coefficient (Wildman–Crippen LogP) is 4.30. The van der Waals surface area contributed by atoms with Crippen LogP contribution in [0.4, 0.5) is 18.9 Å². The van der Waals surface area contributed by atoms with E-state index in [0.29, 0.717) is 18.7 Å². The first-order chi connectivity index (χ1) is 13.0. The summed E-state index contributed by atoms with van der Waals surface area (Å²) in [5, 5.41) is 2.50. The topological polar surface area (TPSA) is 66.5 Å². The van der Waals surface area contributed by atoms with Crippen molar-refractivity contribution in [3.63, 3.8) is 0 Å². The van der Waals surface area contributed by atoms with E-state index in [1.807, 2.05) is 0 Å². The Balaban J connectivity index is 2.36. The van der Waals surface area contributed by atoms with Crippen LogP contribution in [0.1, 0.15) is 35.3 Å². The van der Waals surface area contributed by atoms with E-state index in [1.165, 1.54) is 28.6 Å². The first-order valence-corrected chi connectivity index (χ1v) is 10.0. The highest BCUT2D eigenvalue weighted by molar-refractivity contribution is 7.89. The third-order valence-corrected chi connectivity index (χ3v) is 6.30. The fourth-order valence-electron chi connectivity index (χ4n) is 2.64. The Morgan fingerprint density at radius 2 is 1.71 bits per heavy atom. The number of nitrogens with one attached hydrogen (secondary N) is 1. The van der Waals surface area contributed by atoms with Crippen molar-refractivity contribution in [2.45, 2.75) is 31.8 Å². The molecule has 0 atom stereocenters. The molecular weight excluding hydrogens is 393 g/mol. The lowest BCUT2D eigenvalue weighted by molar-refractivity contribution is -0.137. The lowest BCUT2D eigenvalue weighted by Gasteiger charge is -2.19. The van der Waals surface area contributed by atoms with Crippen LogP contribution in [0.25, 0.3) is 0 Å². The number of aryl methyl sites for hydroxylation is 1. The van der Waals surface area contributed by atoms with Crippen LogP contribution < -0.4 is 5.32 Å². The molecule has 0 spiro atoms. The molecule has 0 aliphatic rings. The lowest BCUT2D eigenvalue weighted by Crippen LogP contribution is -2.30. The first kappa shape index (κ1) is 21.9. The van der Waals surface area contributed by atoms with Gasteiger partial charge in [-0.15, -0.1) is 0 Å². The molecule has 0 radical (unpaired) electrons. The zero-order valence-electron chi connectivity index (χ0n) is 15.7. The van der Waals surface area contributed by atoms with Gasteiger partial charge in [-0.1, -0.05) is 26.0 Å². The second-order valence-corrected chi connectivity index (χ2v) is 8.04. The Morgan fingerprint density at radius 1 is 1.07 bits per heavy atom. The summed E-state index contributed by atoms with van der Waals surface area (Å²) in [5.74, 6) is -0.758. The van der Waals surface area contributed by atoms with E-state index in [4.69, 9.17) is 0 Å². The SMILES string of the molecule is CCN(CC)S(=O)(=O)c1ccc(C)c(NC(=O)c2cccc(C(F)(F)F)c2)c1. The maximum Gasteiger partial charge on any atom is 0.416 e. The second kappa shape index (κ2) is 8.32. The summed E-state index contributed by atoms with van der Waals surface area (Å²) in [5.41, 5.74) is -0.310. The fourth-order valence-corrected chi connectivity index (χ4v) is 4.12. The third kappa shape index (κ3) is 4.71. The summed E-state index contributed by atoms with van der Waals surface area (Å²) in [7, 11) is -3.73. The fraction of sp³-hybridized carbons (Fsp3) is 0.316. The number of nitrogens with zero attached hydrogens (tertiary/aromatic N) is 1. The Morgan fingerprint density at radius 3 is 2.29 bits per heavy atom. The van der Waals surface area contributed by atoms with Crippen LogP contribution in [0.15, 0.2) is 47.4 Å². The average Bonchev–Trinajstić information content (AvgIpc) is 2.63. The van der Waals surface area contributed by atoms with E-state index >= 15 is 0 Å². The molecule has 0 saturated heterocycles. The summed E-state index contributed by atoms with van der Waals surface area (Å²) in [6.45, 7) is 5.67. The molecule has 0 bridgehead atoms. The van der Waals surface area contributed by atoms with Crippen LogP contribution in [0.3, 0.4) is 0 Å². The highest BCUT2D eigenvalue weighted by Gasteiger charge is 2.31. The molecule has 0 aliphatic heterocycles. The smallest absolute Gasteiger partial charge is 0.322 e. The molecule has 2 aromatic carbocycles. The summed E-state index contributed by atoms with van der Waals surface area (Å²) in [6.07, 6.45) is -4.57. The number of alkyl halides is 3. The minimum absolute atomic E-state index is 0.00106. The number of hydrogen-bond acceptors (Lipinski definition) is 3. The molecule has 1 amide bonds. The van der Waals surface area contributed by atoms with Gasteiger partial charge in [0.15, 0.2) is 0 Å². The van der Waals surface area contributed by atoms with Gasteiger partial charge in [-0.05, 0) is 42.8 Å². The highest BCUT2D eigenvalue weighted by Crippen LogP contribution is 2.30. The molecule has 2 rings (SSSR count). The molecule has 28 heavy (non-hydrogen) atoms. The predicted molar refractivity (Wildman–Crippen MR) is 101 cm³/mol. The molecule has 0 unspecified atom stereocenters. The Hall–Kier alpha value is -2.39. The summed E-state index contributed by atoms with van der Waals surface area (Å²) < 4.78 is 65.1. The maximum atomic E-state index is 12.8. The molecule has 2 aromatic rings. The zero-order valence-corrected chi connectivity index (χ0v) is 16.5. The normalized spacial score (nSPS) is 12.2. The molecule has 0 saturated carbocycles. The summed E-state index contributed by atoms with van der Waals surface area (Å²) >= 11 is 0. The first-order valence-electron chi connectivity index (χ1n) is 8.60. The van der Waals surface area contributed by atoms with Gasteiger partial charge in [-0.3, -0.25) is 4.79 Å². The van der Waals surface area contributed by atoms with Crippen molar-refractivity contribution in [1.29, 1.82) is 0 Å².